The van der Waals surface area contributed by atoms with E-state index < -0.39 is 0 Å². The number of carbonyl (C=O) groups is 2. The molecule has 0 spiro atoms. The van der Waals surface area contributed by atoms with Crippen LogP contribution in [0.25, 0.3) is 0 Å². The molecule has 1 N–H and O–H groups in total. The van der Waals surface area contributed by atoms with Crippen molar-refractivity contribution >= 4 is 44.8 Å². The van der Waals surface area contributed by atoms with Crippen molar-refractivity contribution in [2.24, 2.45) is 0 Å². The Hall–Kier alpha value is -2.38. The van der Waals surface area contributed by atoms with Crippen LogP contribution in [0.2, 0.25) is 0 Å². The number of aryl methyl sites for hydroxylation is 1. The van der Waals surface area contributed by atoms with Crippen molar-refractivity contribution in [1.82, 2.24) is 4.90 Å². The largest absolute Gasteiger partial charge is 0.459 e. The van der Waals surface area contributed by atoms with Crippen molar-refractivity contribution < 1.29 is 14.0 Å². The Morgan fingerprint density at radius 2 is 2.08 bits per heavy atom. The zero-order chi connectivity index (χ0) is 18.7. The maximum Gasteiger partial charge on any atom is 0.291 e. The first kappa shape index (κ1) is 18.4. The lowest BCUT2D eigenvalue weighted by atomic mass is 10.1. The summed E-state index contributed by atoms with van der Waals surface area (Å²) < 4.78 is 6.11. The molecule has 0 radical (unpaired) electrons. The summed E-state index contributed by atoms with van der Waals surface area (Å²) in [6.07, 6.45) is 1.44. The van der Waals surface area contributed by atoms with E-state index in [1.165, 1.54) is 6.26 Å². The van der Waals surface area contributed by atoms with Crippen LogP contribution in [0, 0.1) is 6.92 Å². The van der Waals surface area contributed by atoms with Crippen LogP contribution in [0.15, 0.2) is 56.9 Å². The van der Waals surface area contributed by atoms with Crippen molar-refractivity contribution in [3.8, 4) is 0 Å². The summed E-state index contributed by atoms with van der Waals surface area (Å²) in [6.45, 7) is 2.40. The van der Waals surface area contributed by atoms with Gasteiger partial charge in [-0.3, -0.25) is 9.59 Å². The lowest BCUT2D eigenvalue weighted by Crippen LogP contribution is -2.26. The summed E-state index contributed by atoms with van der Waals surface area (Å²) in [7, 11) is 1.76. The Labute approximate surface area is 163 Å². The van der Waals surface area contributed by atoms with Gasteiger partial charge in [-0.1, -0.05) is 6.07 Å². The summed E-state index contributed by atoms with van der Waals surface area (Å²) in [5.74, 6) is -0.232. The first-order valence-corrected chi connectivity index (χ1v) is 9.55. The third kappa shape index (κ3) is 4.23. The van der Waals surface area contributed by atoms with E-state index in [0.717, 1.165) is 14.9 Å². The Kier molecular flexibility index (Phi) is 5.58. The molecule has 0 aliphatic carbocycles. The maximum absolute atomic E-state index is 12.7. The number of rotatable bonds is 5. The Bertz CT molecular complexity index is 934. The lowest BCUT2D eigenvalue weighted by Gasteiger charge is -2.17. The molecule has 0 unspecified atom stereocenters. The van der Waals surface area contributed by atoms with Gasteiger partial charge in [-0.15, -0.1) is 11.3 Å². The number of benzene rings is 1. The summed E-state index contributed by atoms with van der Waals surface area (Å²) >= 11 is 5.01. The third-order valence-electron chi connectivity index (χ3n) is 3.84. The maximum atomic E-state index is 12.7. The minimum Gasteiger partial charge on any atom is -0.459 e. The number of furan rings is 1. The highest BCUT2D eigenvalue weighted by Gasteiger charge is 2.16. The predicted octanol–water partition coefficient (Wildman–Crippen LogP) is 4.94. The molecule has 3 aromatic rings. The Balaban J connectivity index is 1.75. The summed E-state index contributed by atoms with van der Waals surface area (Å²) in [6, 6.07) is 10.5. The van der Waals surface area contributed by atoms with E-state index >= 15 is 0 Å². The van der Waals surface area contributed by atoms with E-state index in [1.807, 2.05) is 24.4 Å². The highest BCUT2D eigenvalue weighted by molar-refractivity contribution is 9.10. The number of amides is 2. The third-order valence-corrected chi connectivity index (χ3v) is 5.52. The van der Waals surface area contributed by atoms with E-state index in [9.17, 15) is 9.59 Å². The van der Waals surface area contributed by atoms with Gasteiger partial charge in [-0.2, -0.15) is 0 Å². The summed E-state index contributed by atoms with van der Waals surface area (Å²) in [5, 5.41) is 4.78. The molecule has 5 nitrogen and oxygen atoms in total. The van der Waals surface area contributed by atoms with E-state index in [4.69, 9.17) is 4.42 Å². The van der Waals surface area contributed by atoms with Crippen LogP contribution in [-0.2, 0) is 6.54 Å². The van der Waals surface area contributed by atoms with Crippen LogP contribution in [-0.4, -0.2) is 23.8 Å². The van der Waals surface area contributed by atoms with Crippen molar-refractivity contribution in [3.63, 3.8) is 0 Å². The van der Waals surface area contributed by atoms with Crippen LogP contribution in [0.3, 0.4) is 0 Å². The first-order chi connectivity index (χ1) is 12.4. The van der Waals surface area contributed by atoms with Crippen LogP contribution < -0.4 is 5.32 Å². The molecular formula is C19H17BrN2O3S. The second-order valence-corrected chi connectivity index (χ2v) is 7.77. The topological polar surface area (TPSA) is 62.6 Å². The number of hydrogen-bond acceptors (Lipinski definition) is 4. The molecule has 0 bridgehead atoms. The molecule has 0 aliphatic heterocycles. The van der Waals surface area contributed by atoms with Crippen LogP contribution in [0.4, 0.5) is 5.69 Å². The van der Waals surface area contributed by atoms with Gasteiger partial charge >= 0.3 is 0 Å². The lowest BCUT2D eigenvalue weighted by molar-refractivity contribution is 0.0786. The van der Waals surface area contributed by atoms with Gasteiger partial charge in [0.05, 0.1) is 12.8 Å². The van der Waals surface area contributed by atoms with Crippen LogP contribution >= 0.6 is 27.3 Å². The van der Waals surface area contributed by atoms with E-state index in [0.29, 0.717) is 17.8 Å². The number of nitrogens with zero attached hydrogens (tertiary/aromatic N) is 1. The fourth-order valence-corrected chi connectivity index (χ4v) is 3.95. The monoisotopic (exact) mass is 432 g/mol. The highest BCUT2D eigenvalue weighted by Crippen LogP contribution is 2.23. The van der Waals surface area contributed by atoms with Crippen molar-refractivity contribution in [1.29, 1.82) is 0 Å². The number of anilines is 1. The molecule has 2 amide bonds. The average Bonchev–Trinajstić information content (AvgIpc) is 3.28. The number of nitrogens with one attached hydrogen (secondary N) is 1. The smallest absolute Gasteiger partial charge is 0.291 e. The first-order valence-electron chi connectivity index (χ1n) is 7.88. The zero-order valence-electron chi connectivity index (χ0n) is 14.3. The average molecular weight is 433 g/mol. The molecule has 2 aromatic heterocycles. The molecule has 134 valence electrons. The minimum atomic E-state index is -0.348. The molecule has 7 heteroatoms. The molecule has 0 atom stereocenters. The highest BCUT2D eigenvalue weighted by atomic mass is 79.9. The van der Waals surface area contributed by atoms with Crippen molar-refractivity contribution in [2.45, 2.75) is 13.5 Å². The van der Waals surface area contributed by atoms with Gasteiger partial charge in [0.2, 0.25) is 0 Å². The molecule has 0 aliphatic rings. The number of thiophene rings is 1. The number of hydrogen-bond donors (Lipinski definition) is 1. The molecular weight excluding hydrogens is 416 g/mol. The molecule has 0 fully saturated rings. The molecule has 1 aromatic carbocycles. The van der Waals surface area contributed by atoms with Gasteiger partial charge in [0.1, 0.15) is 0 Å². The number of halogens is 1. The molecule has 0 saturated heterocycles. The van der Waals surface area contributed by atoms with Crippen LogP contribution in [0.1, 0.15) is 31.4 Å². The molecule has 26 heavy (non-hydrogen) atoms. The molecule has 3 rings (SSSR count). The van der Waals surface area contributed by atoms with Gasteiger partial charge < -0.3 is 14.6 Å². The molecule has 2 heterocycles. The SMILES string of the molecule is Cc1ccc(C(=O)N(C)Cc2cc(Br)cs2)cc1NC(=O)c1ccco1. The minimum absolute atomic E-state index is 0.108. The van der Waals surface area contributed by atoms with E-state index in [1.54, 1.807) is 47.5 Å². The quantitative estimate of drug-likeness (QED) is 0.620. The Morgan fingerprint density at radius 1 is 1.27 bits per heavy atom. The fourth-order valence-electron chi connectivity index (χ4n) is 2.44. The summed E-state index contributed by atoms with van der Waals surface area (Å²) in [5.41, 5.74) is 1.97. The molecule has 0 saturated carbocycles. The van der Waals surface area contributed by atoms with Crippen molar-refractivity contribution in [3.05, 3.63) is 74.3 Å². The normalized spacial score (nSPS) is 10.6. The summed E-state index contributed by atoms with van der Waals surface area (Å²) in [4.78, 5) is 27.6. The zero-order valence-corrected chi connectivity index (χ0v) is 16.7. The van der Waals surface area contributed by atoms with Gasteiger partial charge in [0.25, 0.3) is 11.8 Å². The second kappa shape index (κ2) is 7.88. The standard InChI is InChI=1S/C19H17BrN2O3S/c1-12-5-6-13(8-16(12)21-18(23)17-4-3-7-25-17)19(24)22(2)10-15-9-14(20)11-26-15/h3-9,11H,10H2,1-2H3,(H,21,23). The van der Waals surface area contributed by atoms with Gasteiger partial charge in [0, 0.05) is 33.0 Å². The second-order valence-electron chi connectivity index (χ2n) is 5.85. The van der Waals surface area contributed by atoms with Crippen LogP contribution in [0.5, 0.6) is 0 Å². The van der Waals surface area contributed by atoms with Gasteiger partial charge in [-0.05, 0) is 58.7 Å². The van der Waals surface area contributed by atoms with E-state index in [-0.39, 0.29) is 17.6 Å². The predicted molar refractivity (Wildman–Crippen MR) is 106 cm³/mol. The van der Waals surface area contributed by atoms with E-state index in [2.05, 4.69) is 21.2 Å². The number of carbonyl (C=O) groups excluding carboxylic acids is 2. The van der Waals surface area contributed by atoms with Gasteiger partial charge in [0.15, 0.2) is 5.76 Å². The Morgan fingerprint density at radius 3 is 2.73 bits per heavy atom. The fraction of sp³-hybridized carbons (Fsp3) is 0.158. The van der Waals surface area contributed by atoms with Crippen molar-refractivity contribution in [2.75, 3.05) is 12.4 Å². The van der Waals surface area contributed by atoms with Gasteiger partial charge in [-0.25, -0.2) is 0 Å².